The van der Waals surface area contributed by atoms with Gasteiger partial charge in [0.25, 0.3) is 0 Å². The van der Waals surface area contributed by atoms with Gasteiger partial charge < -0.3 is 15.0 Å². The molecule has 1 unspecified atom stereocenters. The highest BCUT2D eigenvalue weighted by Gasteiger charge is 2.16. The molecule has 19 heavy (non-hydrogen) atoms. The average molecular weight is 269 g/mol. The van der Waals surface area contributed by atoms with Crippen LogP contribution in [0.2, 0.25) is 0 Å². The number of hydrogen-bond acceptors (Lipinski definition) is 5. The van der Waals surface area contributed by atoms with E-state index in [-0.39, 0.29) is 12.1 Å². The van der Waals surface area contributed by atoms with Gasteiger partial charge in [0.15, 0.2) is 0 Å². The topological polar surface area (TPSA) is 97.4 Å². The SMILES string of the molecule is CC(C)(C)NCC(O)Cn1cccc([N+](=O)[O-])c1=O. The molecule has 0 bridgehead atoms. The number of nitro groups is 1. The lowest BCUT2D eigenvalue weighted by molar-refractivity contribution is -0.386. The molecule has 1 atom stereocenters. The van der Waals surface area contributed by atoms with E-state index in [4.69, 9.17) is 0 Å². The molecule has 0 fully saturated rings. The van der Waals surface area contributed by atoms with Gasteiger partial charge in [-0.15, -0.1) is 0 Å². The van der Waals surface area contributed by atoms with Crippen molar-refractivity contribution in [2.75, 3.05) is 6.54 Å². The molecule has 0 amide bonds. The number of β-amino-alcohol motifs (C(OH)–C–C–N with tert-alkyl or cyclic N) is 1. The maximum Gasteiger partial charge on any atom is 0.334 e. The lowest BCUT2D eigenvalue weighted by Gasteiger charge is -2.23. The third-order valence-corrected chi connectivity index (χ3v) is 2.47. The molecule has 0 aromatic carbocycles. The van der Waals surface area contributed by atoms with E-state index in [1.54, 1.807) is 0 Å². The number of nitrogens with zero attached hydrogens (tertiary/aromatic N) is 2. The molecule has 0 aliphatic carbocycles. The van der Waals surface area contributed by atoms with Gasteiger partial charge in [-0.05, 0) is 26.8 Å². The zero-order chi connectivity index (χ0) is 14.6. The van der Waals surface area contributed by atoms with E-state index in [0.29, 0.717) is 6.54 Å². The molecule has 0 aliphatic heterocycles. The van der Waals surface area contributed by atoms with E-state index >= 15 is 0 Å². The van der Waals surface area contributed by atoms with Crippen molar-refractivity contribution in [3.8, 4) is 0 Å². The highest BCUT2D eigenvalue weighted by molar-refractivity contribution is 5.25. The van der Waals surface area contributed by atoms with E-state index in [0.717, 1.165) is 10.6 Å². The summed E-state index contributed by atoms with van der Waals surface area (Å²) >= 11 is 0. The van der Waals surface area contributed by atoms with Crippen molar-refractivity contribution in [3.05, 3.63) is 38.8 Å². The van der Waals surface area contributed by atoms with Crippen molar-refractivity contribution in [2.24, 2.45) is 0 Å². The van der Waals surface area contributed by atoms with Crippen LogP contribution in [0.25, 0.3) is 0 Å². The lowest BCUT2D eigenvalue weighted by Crippen LogP contribution is -2.42. The molecule has 1 heterocycles. The maximum absolute atomic E-state index is 11.7. The Kier molecular flexibility index (Phi) is 4.79. The lowest BCUT2D eigenvalue weighted by atomic mass is 10.1. The van der Waals surface area contributed by atoms with E-state index in [9.17, 15) is 20.0 Å². The van der Waals surface area contributed by atoms with Gasteiger partial charge in [-0.1, -0.05) is 0 Å². The van der Waals surface area contributed by atoms with Gasteiger partial charge in [-0.25, -0.2) is 0 Å². The summed E-state index contributed by atoms with van der Waals surface area (Å²) in [7, 11) is 0. The Morgan fingerprint density at radius 3 is 2.68 bits per heavy atom. The van der Waals surface area contributed by atoms with Crippen LogP contribution in [0.15, 0.2) is 23.1 Å². The predicted molar refractivity (Wildman–Crippen MR) is 71.1 cm³/mol. The Morgan fingerprint density at radius 2 is 2.16 bits per heavy atom. The van der Waals surface area contributed by atoms with Gasteiger partial charge in [-0.2, -0.15) is 0 Å². The largest absolute Gasteiger partial charge is 0.390 e. The molecule has 1 aromatic heterocycles. The summed E-state index contributed by atoms with van der Waals surface area (Å²) in [5.74, 6) is 0. The first-order valence-corrected chi connectivity index (χ1v) is 5.97. The first-order chi connectivity index (χ1) is 8.70. The zero-order valence-electron chi connectivity index (χ0n) is 11.3. The molecule has 0 saturated heterocycles. The molecule has 0 spiro atoms. The van der Waals surface area contributed by atoms with Crippen LogP contribution in [0.4, 0.5) is 5.69 Å². The molecule has 7 heteroatoms. The van der Waals surface area contributed by atoms with E-state index in [1.807, 2.05) is 20.8 Å². The van der Waals surface area contributed by atoms with Crippen molar-refractivity contribution in [2.45, 2.75) is 39.0 Å². The van der Waals surface area contributed by atoms with Crippen molar-refractivity contribution < 1.29 is 10.0 Å². The van der Waals surface area contributed by atoms with Gasteiger partial charge in [0, 0.05) is 24.3 Å². The Balaban J connectivity index is 2.75. The minimum Gasteiger partial charge on any atom is -0.390 e. The molecule has 0 aliphatic rings. The summed E-state index contributed by atoms with van der Waals surface area (Å²) in [5, 5.41) is 23.6. The summed E-state index contributed by atoms with van der Waals surface area (Å²) in [5.41, 5.74) is -1.34. The number of aliphatic hydroxyl groups is 1. The Bertz CT molecular complexity index is 504. The Morgan fingerprint density at radius 1 is 1.53 bits per heavy atom. The average Bonchev–Trinajstić information content (AvgIpc) is 2.28. The van der Waals surface area contributed by atoms with Crippen LogP contribution in [0.5, 0.6) is 0 Å². The second kappa shape index (κ2) is 5.94. The van der Waals surface area contributed by atoms with Crippen molar-refractivity contribution in [1.82, 2.24) is 9.88 Å². The zero-order valence-corrected chi connectivity index (χ0v) is 11.3. The van der Waals surface area contributed by atoms with Gasteiger partial charge in [0.05, 0.1) is 17.6 Å². The molecular weight excluding hydrogens is 250 g/mol. The van der Waals surface area contributed by atoms with Crippen LogP contribution in [0.3, 0.4) is 0 Å². The molecule has 106 valence electrons. The van der Waals surface area contributed by atoms with Crippen LogP contribution in [0, 0.1) is 10.1 Å². The second-order valence-electron chi connectivity index (χ2n) is 5.39. The van der Waals surface area contributed by atoms with Crippen molar-refractivity contribution in [1.29, 1.82) is 0 Å². The third kappa shape index (κ3) is 4.80. The fourth-order valence-electron chi connectivity index (χ4n) is 1.52. The summed E-state index contributed by atoms with van der Waals surface area (Å²) in [6, 6.07) is 2.57. The quantitative estimate of drug-likeness (QED) is 0.599. The van der Waals surface area contributed by atoms with Crippen LogP contribution in [-0.2, 0) is 6.54 Å². The highest BCUT2D eigenvalue weighted by Crippen LogP contribution is 2.03. The number of hydrogen-bond donors (Lipinski definition) is 2. The standard InChI is InChI=1S/C12H19N3O4/c1-12(2,3)13-7-9(16)8-14-6-4-5-10(11(14)17)15(18)19/h4-6,9,13,16H,7-8H2,1-3H3. The number of aliphatic hydroxyl groups excluding tert-OH is 1. The molecule has 2 N–H and O–H groups in total. The van der Waals surface area contributed by atoms with Crippen LogP contribution < -0.4 is 10.9 Å². The fraction of sp³-hybridized carbons (Fsp3) is 0.583. The molecule has 1 aromatic rings. The molecule has 0 saturated carbocycles. The van der Waals surface area contributed by atoms with E-state index < -0.39 is 22.3 Å². The van der Waals surface area contributed by atoms with Gasteiger partial charge in [-0.3, -0.25) is 14.9 Å². The Labute approximate surface area is 111 Å². The first-order valence-electron chi connectivity index (χ1n) is 5.97. The van der Waals surface area contributed by atoms with Crippen LogP contribution in [0.1, 0.15) is 20.8 Å². The third-order valence-electron chi connectivity index (χ3n) is 2.47. The van der Waals surface area contributed by atoms with Gasteiger partial charge >= 0.3 is 11.2 Å². The number of nitrogens with one attached hydrogen (secondary N) is 1. The maximum atomic E-state index is 11.7. The molecule has 1 rings (SSSR count). The smallest absolute Gasteiger partial charge is 0.334 e. The van der Waals surface area contributed by atoms with E-state index in [1.165, 1.54) is 12.3 Å². The number of aromatic nitrogens is 1. The first kappa shape index (κ1) is 15.3. The minimum atomic E-state index is -0.793. The van der Waals surface area contributed by atoms with Crippen LogP contribution >= 0.6 is 0 Å². The van der Waals surface area contributed by atoms with Crippen molar-refractivity contribution >= 4 is 5.69 Å². The highest BCUT2D eigenvalue weighted by atomic mass is 16.6. The number of pyridine rings is 1. The molecule has 7 nitrogen and oxygen atoms in total. The molecular formula is C12H19N3O4. The Hall–Kier alpha value is -1.73. The van der Waals surface area contributed by atoms with Crippen molar-refractivity contribution in [3.63, 3.8) is 0 Å². The van der Waals surface area contributed by atoms with E-state index in [2.05, 4.69) is 5.32 Å². The summed E-state index contributed by atoms with van der Waals surface area (Å²) < 4.78 is 1.15. The second-order valence-corrected chi connectivity index (χ2v) is 5.39. The van der Waals surface area contributed by atoms with Gasteiger partial charge in [0.2, 0.25) is 0 Å². The monoisotopic (exact) mass is 269 g/mol. The summed E-state index contributed by atoms with van der Waals surface area (Å²) in [6.07, 6.45) is 0.634. The van der Waals surface area contributed by atoms with Crippen LogP contribution in [-0.4, -0.2) is 32.8 Å². The number of rotatable bonds is 5. The minimum absolute atomic E-state index is 0.0175. The normalized spacial score (nSPS) is 13.3. The van der Waals surface area contributed by atoms with Gasteiger partial charge in [0.1, 0.15) is 0 Å². The molecule has 0 radical (unpaired) electrons. The predicted octanol–water partition coefficient (Wildman–Crippen LogP) is 0.505. The fourth-order valence-corrected chi connectivity index (χ4v) is 1.52. The summed E-state index contributed by atoms with van der Waals surface area (Å²) in [6.45, 7) is 6.19. The summed E-state index contributed by atoms with van der Waals surface area (Å²) in [4.78, 5) is 21.6.